The number of carbonyl (C=O) groups excluding carboxylic acids is 3. The zero-order valence-corrected chi connectivity index (χ0v) is 12.1. The molecule has 0 unspecified atom stereocenters. The molecule has 1 saturated heterocycles. The molecule has 0 aromatic heterocycles. The van der Waals surface area contributed by atoms with E-state index in [2.05, 4.69) is 0 Å². The summed E-state index contributed by atoms with van der Waals surface area (Å²) in [7, 11) is 0. The smallest absolute Gasteiger partial charge is 0.410 e. The number of nitrogens with zero attached hydrogens (tertiary/aromatic N) is 1. The van der Waals surface area contributed by atoms with E-state index in [1.165, 1.54) is 11.8 Å². The zero-order valence-electron chi connectivity index (χ0n) is 12.1. The highest BCUT2D eigenvalue weighted by atomic mass is 16.6. The molecular formula is C16H19NO4. The normalized spacial score (nSPS) is 17.6. The van der Waals surface area contributed by atoms with Gasteiger partial charge in [0.1, 0.15) is 12.4 Å². The second-order valence-electron chi connectivity index (χ2n) is 5.24. The van der Waals surface area contributed by atoms with E-state index in [1.807, 2.05) is 30.3 Å². The van der Waals surface area contributed by atoms with Crippen LogP contribution in [-0.4, -0.2) is 35.1 Å². The van der Waals surface area contributed by atoms with E-state index in [1.54, 1.807) is 0 Å². The minimum Gasteiger partial charge on any atom is -0.445 e. The van der Waals surface area contributed by atoms with Gasteiger partial charge < -0.3 is 4.74 Å². The molecule has 1 heterocycles. The van der Waals surface area contributed by atoms with Crippen molar-refractivity contribution < 1.29 is 19.1 Å². The van der Waals surface area contributed by atoms with Crippen LogP contribution in [0.1, 0.15) is 31.7 Å². The predicted octanol–water partition coefficient (Wildman–Crippen LogP) is 2.34. The Kier molecular flexibility index (Phi) is 5.09. The van der Waals surface area contributed by atoms with Gasteiger partial charge in [-0.3, -0.25) is 14.5 Å². The number of rotatable bonds is 5. The number of hydrogen-bond acceptors (Lipinski definition) is 4. The van der Waals surface area contributed by atoms with E-state index >= 15 is 0 Å². The molecular weight excluding hydrogens is 270 g/mol. The Hall–Kier alpha value is -2.17. The van der Waals surface area contributed by atoms with Crippen molar-refractivity contribution in [3.8, 4) is 0 Å². The molecule has 1 amide bonds. The fourth-order valence-electron chi connectivity index (χ4n) is 2.49. The Balaban J connectivity index is 1.91. The Bertz CT molecular complexity index is 526. The summed E-state index contributed by atoms with van der Waals surface area (Å²) in [6, 6.07) is 8.86. The molecule has 0 radical (unpaired) electrons. The first kappa shape index (κ1) is 15.2. The zero-order chi connectivity index (χ0) is 15.2. The van der Waals surface area contributed by atoms with Gasteiger partial charge in [0.15, 0.2) is 5.78 Å². The second kappa shape index (κ2) is 7.02. The number of likely N-dealkylation sites (tertiary alicyclic amines) is 1. The third kappa shape index (κ3) is 4.15. The molecule has 1 fully saturated rings. The third-order valence-corrected chi connectivity index (χ3v) is 3.49. The highest BCUT2D eigenvalue weighted by molar-refractivity contribution is 6.01. The van der Waals surface area contributed by atoms with Crippen LogP contribution in [0.2, 0.25) is 0 Å². The predicted molar refractivity (Wildman–Crippen MR) is 76.7 cm³/mol. The van der Waals surface area contributed by atoms with Gasteiger partial charge in [0.05, 0.1) is 12.5 Å². The van der Waals surface area contributed by atoms with Crippen LogP contribution in [0.4, 0.5) is 4.79 Å². The summed E-state index contributed by atoms with van der Waals surface area (Å²) in [5.74, 6) is -0.374. The van der Waals surface area contributed by atoms with E-state index < -0.39 is 12.1 Å². The maximum Gasteiger partial charge on any atom is 0.410 e. The molecule has 5 nitrogen and oxygen atoms in total. The molecule has 0 N–H and O–H groups in total. The average Bonchev–Trinajstić information content (AvgIpc) is 2.95. The van der Waals surface area contributed by atoms with E-state index in [9.17, 15) is 14.4 Å². The average molecular weight is 289 g/mol. The summed E-state index contributed by atoms with van der Waals surface area (Å²) in [4.78, 5) is 36.5. The Morgan fingerprint density at radius 3 is 2.62 bits per heavy atom. The van der Waals surface area contributed by atoms with E-state index in [0.29, 0.717) is 13.0 Å². The standard InChI is InChI=1S/C16H19NO4/c1-12(18)10-15(19)14-8-5-9-17(14)16(20)21-11-13-6-3-2-4-7-13/h2-4,6-7,14H,5,8-11H2,1H3/t14-/m0/s1. The van der Waals surface area contributed by atoms with Gasteiger partial charge in [0.2, 0.25) is 0 Å². The summed E-state index contributed by atoms with van der Waals surface area (Å²) >= 11 is 0. The summed E-state index contributed by atoms with van der Waals surface area (Å²) in [5, 5.41) is 0. The van der Waals surface area contributed by atoms with Gasteiger partial charge >= 0.3 is 6.09 Å². The van der Waals surface area contributed by atoms with Crippen LogP contribution in [-0.2, 0) is 20.9 Å². The molecule has 112 valence electrons. The van der Waals surface area contributed by atoms with Crippen molar-refractivity contribution in [3.63, 3.8) is 0 Å². The number of benzene rings is 1. The Morgan fingerprint density at radius 2 is 1.95 bits per heavy atom. The van der Waals surface area contributed by atoms with E-state index in [4.69, 9.17) is 4.74 Å². The molecule has 0 spiro atoms. The van der Waals surface area contributed by atoms with Gasteiger partial charge in [-0.05, 0) is 25.3 Å². The lowest BCUT2D eigenvalue weighted by atomic mass is 10.1. The molecule has 2 rings (SSSR count). The Labute approximate surface area is 123 Å². The largest absolute Gasteiger partial charge is 0.445 e. The molecule has 0 saturated carbocycles. The van der Waals surface area contributed by atoms with Gasteiger partial charge in [-0.15, -0.1) is 0 Å². The number of Topliss-reactive ketones (excluding diaryl/α,β-unsaturated/α-hetero) is 2. The molecule has 0 bridgehead atoms. The lowest BCUT2D eigenvalue weighted by Gasteiger charge is -2.22. The number of ether oxygens (including phenoxy) is 1. The SMILES string of the molecule is CC(=O)CC(=O)[C@@H]1CCCN1C(=O)OCc1ccccc1. The van der Waals surface area contributed by atoms with Gasteiger partial charge in [-0.2, -0.15) is 0 Å². The number of amides is 1. The monoisotopic (exact) mass is 289 g/mol. The van der Waals surface area contributed by atoms with Gasteiger partial charge in [0, 0.05) is 6.54 Å². The summed E-state index contributed by atoms with van der Waals surface area (Å²) in [6.45, 7) is 2.07. The topological polar surface area (TPSA) is 63.7 Å². The van der Waals surface area contributed by atoms with E-state index in [-0.39, 0.29) is 24.6 Å². The van der Waals surface area contributed by atoms with Crippen molar-refractivity contribution >= 4 is 17.7 Å². The molecule has 5 heteroatoms. The second-order valence-corrected chi connectivity index (χ2v) is 5.24. The maximum absolute atomic E-state index is 12.1. The first-order valence-corrected chi connectivity index (χ1v) is 7.07. The maximum atomic E-state index is 12.1. The van der Waals surface area contributed by atoms with Crippen molar-refractivity contribution in [2.24, 2.45) is 0 Å². The van der Waals surface area contributed by atoms with Crippen LogP contribution < -0.4 is 0 Å². The summed E-state index contributed by atoms with van der Waals surface area (Å²) < 4.78 is 5.25. The molecule has 0 aliphatic carbocycles. The molecule has 1 aromatic rings. The van der Waals surface area contributed by atoms with Gasteiger partial charge in [0.25, 0.3) is 0 Å². The van der Waals surface area contributed by atoms with Crippen molar-refractivity contribution in [1.82, 2.24) is 4.90 Å². The number of hydrogen-bond donors (Lipinski definition) is 0. The first-order chi connectivity index (χ1) is 10.1. The first-order valence-electron chi connectivity index (χ1n) is 7.07. The van der Waals surface area contributed by atoms with E-state index in [0.717, 1.165) is 12.0 Å². The minimum atomic E-state index is -0.517. The van der Waals surface area contributed by atoms with Crippen LogP contribution in [0.3, 0.4) is 0 Å². The number of ketones is 2. The Morgan fingerprint density at radius 1 is 1.24 bits per heavy atom. The summed E-state index contributed by atoms with van der Waals surface area (Å²) in [5.41, 5.74) is 0.900. The molecule has 21 heavy (non-hydrogen) atoms. The van der Waals surface area contributed by atoms with Crippen LogP contribution >= 0.6 is 0 Å². The minimum absolute atomic E-state index is 0.118. The van der Waals surface area contributed by atoms with Gasteiger partial charge in [-0.25, -0.2) is 4.79 Å². The van der Waals surface area contributed by atoms with Crippen LogP contribution in [0, 0.1) is 0 Å². The molecule has 1 atom stereocenters. The summed E-state index contributed by atoms with van der Waals surface area (Å²) in [6.07, 6.45) is 0.757. The van der Waals surface area contributed by atoms with Crippen molar-refractivity contribution in [2.75, 3.05) is 6.54 Å². The number of carbonyl (C=O) groups is 3. The van der Waals surface area contributed by atoms with Crippen molar-refractivity contribution in [3.05, 3.63) is 35.9 Å². The molecule has 1 aromatic carbocycles. The fourth-order valence-corrected chi connectivity index (χ4v) is 2.49. The third-order valence-electron chi connectivity index (χ3n) is 3.49. The van der Waals surface area contributed by atoms with Crippen LogP contribution in [0.15, 0.2) is 30.3 Å². The van der Waals surface area contributed by atoms with Crippen molar-refractivity contribution in [1.29, 1.82) is 0 Å². The molecule has 1 aliphatic heterocycles. The van der Waals surface area contributed by atoms with Crippen LogP contribution in [0.25, 0.3) is 0 Å². The van der Waals surface area contributed by atoms with Gasteiger partial charge in [-0.1, -0.05) is 30.3 Å². The molecule has 1 aliphatic rings. The highest BCUT2D eigenvalue weighted by Crippen LogP contribution is 2.20. The highest BCUT2D eigenvalue weighted by Gasteiger charge is 2.35. The fraction of sp³-hybridized carbons (Fsp3) is 0.438. The van der Waals surface area contributed by atoms with Crippen LogP contribution in [0.5, 0.6) is 0 Å². The lowest BCUT2D eigenvalue weighted by Crippen LogP contribution is -2.41. The quantitative estimate of drug-likeness (QED) is 0.780. The van der Waals surface area contributed by atoms with Crippen molar-refractivity contribution in [2.45, 2.75) is 38.8 Å². The lowest BCUT2D eigenvalue weighted by molar-refractivity contribution is -0.128.